The molecule has 1 aromatic carbocycles. The van der Waals surface area contributed by atoms with Crippen LogP contribution in [0.25, 0.3) is 10.2 Å². The number of rotatable bonds is 5. The lowest BCUT2D eigenvalue weighted by molar-refractivity contribution is -0.118. The summed E-state index contributed by atoms with van der Waals surface area (Å²) < 4.78 is 14.4. The maximum atomic E-state index is 12.4. The zero-order chi connectivity index (χ0) is 17.9. The highest BCUT2D eigenvalue weighted by Gasteiger charge is 2.18. The summed E-state index contributed by atoms with van der Waals surface area (Å²) in [5.41, 5.74) is 1.00. The molecule has 1 aromatic heterocycles. The second-order valence-corrected chi connectivity index (χ2v) is 7.95. The number of aromatic nitrogens is 1. The summed E-state index contributed by atoms with van der Waals surface area (Å²) in [6.45, 7) is 5.56. The van der Waals surface area contributed by atoms with Crippen molar-refractivity contribution in [2.24, 2.45) is 10.9 Å². The molecule has 1 amide bonds. The highest BCUT2D eigenvalue weighted by Crippen LogP contribution is 2.35. The highest BCUT2D eigenvalue weighted by atomic mass is 32.1. The fourth-order valence-corrected chi connectivity index (χ4v) is 4.85. The summed E-state index contributed by atoms with van der Waals surface area (Å²) in [6, 6.07) is 3.96. The molecule has 2 aromatic rings. The van der Waals surface area contributed by atoms with Crippen LogP contribution < -0.4 is 14.3 Å². The Hall–Kier alpha value is -2.08. The van der Waals surface area contributed by atoms with E-state index in [9.17, 15) is 4.79 Å². The van der Waals surface area contributed by atoms with Gasteiger partial charge in [-0.15, -0.1) is 6.58 Å². The summed E-state index contributed by atoms with van der Waals surface area (Å²) >= 11 is 1.52. The molecule has 1 saturated carbocycles. The Bertz CT molecular complexity index is 890. The van der Waals surface area contributed by atoms with Crippen molar-refractivity contribution in [1.29, 1.82) is 0 Å². The van der Waals surface area contributed by atoms with Crippen molar-refractivity contribution in [3.63, 3.8) is 0 Å². The van der Waals surface area contributed by atoms with Crippen LogP contribution in [-0.4, -0.2) is 23.7 Å². The predicted molar refractivity (Wildman–Crippen MR) is 103 cm³/mol. The van der Waals surface area contributed by atoms with Crippen LogP contribution in [0.2, 0.25) is 0 Å². The molecule has 138 valence electrons. The molecule has 4 rings (SSSR count). The third kappa shape index (κ3) is 3.56. The van der Waals surface area contributed by atoms with Crippen molar-refractivity contribution >= 4 is 27.5 Å². The van der Waals surface area contributed by atoms with Gasteiger partial charge in [-0.05, 0) is 12.3 Å². The van der Waals surface area contributed by atoms with Gasteiger partial charge in [0, 0.05) is 25.1 Å². The van der Waals surface area contributed by atoms with E-state index in [1.54, 1.807) is 0 Å². The molecule has 26 heavy (non-hydrogen) atoms. The van der Waals surface area contributed by atoms with Crippen molar-refractivity contribution in [1.82, 2.24) is 4.57 Å². The van der Waals surface area contributed by atoms with Crippen LogP contribution in [0, 0.1) is 5.92 Å². The van der Waals surface area contributed by atoms with Gasteiger partial charge in [-0.3, -0.25) is 4.79 Å². The molecule has 2 aliphatic rings. The number of hydrogen-bond acceptors (Lipinski definition) is 4. The molecular formula is C20H24N2O3S. The van der Waals surface area contributed by atoms with Gasteiger partial charge in [-0.1, -0.05) is 43.1 Å². The number of carbonyl (C=O) groups is 1. The molecule has 0 spiro atoms. The third-order valence-electron chi connectivity index (χ3n) is 5.12. The minimum Gasteiger partial charge on any atom is -0.486 e. The second kappa shape index (κ2) is 7.66. The van der Waals surface area contributed by atoms with E-state index in [0.717, 1.165) is 32.9 Å². The van der Waals surface area contributed by atoms with E-state index in [1.165, 1.54) is 37.0 Å². The quantitative estimate of drug-likeness (QED) is 0.744. The van der Waals surface area contributed by atoms with Crippen LogP contribution in [0.1, 0.15) is 38.5 Å². The van der Waals surface area contributed by atoms with Crippen LogP contribution in [0.4, 0.5) is 0 Å². The van der Waals surface area contributed by atoms with Gasteiger partial charge in [0.15, 0.2) is 16.3 Å². The molecule has 5 nitrogen and oxygen atoms in total. The summed E-state index contributed by atoms with van der Waals surface area (Å²) in [5, 5.41) is 0. The number of benzene rings is 1. The average molecular weight is 372 g/mol. The van der Waals surface area contributed by atoms with Crippen molar-refractivity contribution in [2.45, 2.75) is 45.1 Å². The highest BCUT2D eigenvalue weighted by molar-refractivity contribution is 7.16. The molecule has 1 fully saturated rings. The number of allylic oxidation sites excluding steroid dienone is 1. The smallest absolute Gasteiger partial charge is 0.248 e. The number of hydrogen-bond donors (Lipinski definition) is 0. The van der Waals surface area contributed by atoms with Gasteiger partial charge in [-0.2, -0.15) is 4.99 Å². The Morgan fingerprint density at radius 3 is 2.73 bits per heavy atom. The summed E-state index contributed by atoms with van der Waals surface area (Å²) in [7, 11) is 0. The Labute approximate surface area is 157 Å². The molecule has 2 heterocycles. The predicted octanol–water partition coefficient (Wildman–Crippen LogP) is 4.06. The largest absolute Gasteiger partial charge is 0.486 e. The van der Waals surface area contributed by atoms with Crippen LogP contribution in [0.3, 0.4) is 0 Å². The first-order valence-electron chi connectivity index (χ1n) is 9.36. The molecule has 1 aliphatic carbocycles. The zero-order valence-corrected chi connectivity index (χ0v) is 15.7. The van der Waals surface area contributed by atoms with Gasteiger partial charge in [0.1, 0.15) is 13.2 Å². The Morgan fingerprint density at radius 1 is 1.27 bits per heavy atom. The number of amides is 1. The summed E-state index contributed by atoms with van der Waals surface area (Å²) in [6.07, 6.45) is 8.46. The van der Waals surface area contributed by atoms with Gasteiger partial charge in [0.05, 0.1) is 10.2 Å². The molecule has 0 bridgehead atoms. The van der Waals surface area contributed by atoms with E-state index in [0.29, 0.717) is 32.1 Å². The normalized spacial score (nSPS) is 17.8. The molecule has 1 aliphatic heterocycles. The van der Waals surface area contributed by atoms with Gasteiger partial charge < -0.3 is 14.0 Å². The molecule has 0 atom stereocenters. The van der Waals surface area contributed by atoms with E-state index in [2.05, 4.69) is 11.6 Å². The van der Waals surface area contributed by atoms with Gasteiger partial charge in [0.25, 0.3) is 0 Å². The van der Waals surface area contributed by atoms with Crippen molar-refractivity contribution in [3.8, 4) is 11.5 Å². The second-order valence-electron chi connectivity index (χ2n) is 6.94. The lowest BCUT2D eigenvalue weighted by Crippen LogP contribution is -2.17. The lowest BCUT2D eigenvalue weighted by Gasteiger charge is -2.18. The standard InChI is InChI=1S/C20H24N2O3S/c1-2-9-22-15-12-16-17(25-11-10-24-16)13-18(15)26-20(22)21-19(23)8-7-14-5-3-4-6-14/h2,12-14H,1,3-11H2. The summed E-state index contributed by atoms with van der Waals surface area (Å²) in [4.78, 5) is 17.5. The maximum Gasteiger partial charge on any atom is 0.248 e. The van der Waals surface area contributed by atoms with Gasteiger partial charge >= 0.3 is 0 Å². The molecule has 6 heteroatoms. The number of nitrogens with zero attached hydrogens (tertiary/aromatic N) is 2. The van der Waals surface area contributed by atoms with Gasteiger partial charge in [0.2, 0.25) is 5.91 Å². The lowest BCUT2D eigenvalue weighted by atomic mass is 10.0. The van der Waals surface area contributed by atoms with E-state index in [4.69, 9.17) is 9.47 Å². The first-order chi connectivity index (χ1) is 12.7. The van der Waals surface area contributed by atoms with Crippen molar-refractivity contribution < 1.29 is 14.3 Å². The SMILES string of the molecule is C=CCn1c(=NC(=O)CCC2CCCC2)sc2cc3c(cc21)OCCO3. The van der Waals surface area contributed by atoms with Gasteiger partial charge in [-0.25, -0.2) is 0 Å². The van der Waals surface area contributed by atoms with Crippen molar-refractivity contribution in [3.05, 3.63) is 29.6 Å². The maximum absolute atomic E-state index is 12.4. The minimum atomic E-state index is -0.0291. The topological polar surface area (TPSA) is 52.8 Å². The first kappa shape index (κ1) is 17.3. The van der Waals surface area contributed by atoms with E-state index < -0.39 is 0 Å². The average Bonchev–Trinajstić information content (AvgIpc) is 3.27. The fourth-order valence-electron chi connectivity index (χ4n) is 3.79. The Kier molecular flexibility index (Phi) is 5.11. The van der Waals surface area contributed by atoms with Crippen LogP contribution >= 0.6 is 11.3 Å². The molecule has 0 N–H and O–H groups in total. The van der Waals surface area contributed by atoms with Crippen molar-refractivity contribution in [2.75, 3.05) is 13.2 Å². The van der Waals surface area contributed by atoms with Crippen LogP contribution in [0.5, 0.6) is 11.5 Å². The molecule has 0 unspecified atom stereocenters. The fraction of sp³-hybridized carbons (Fsp3) is 0.500. The Morgan fingerprint density at radius 2 is 2.00 bits per heavy atom. The molecule has 0 radical (unpaired) electrons. The number of fused-ring (bicyclic) bond motifs is 2. The molecule has 0 saturated heterocycles. The zero-order valence-electron chi connectivity index (χ0n) is 14.9. The molecular weight excluding hydrogens is 348 g/mol. The van der Waals surface area contributed by atoms with E-state index in [-0.39, 0.29) is 5.91 Å². The number of thiazole rings is 1. The third-order valence-corrected chi connectivity index (χ3v) is 6.16. The minimum absolute atomic E-state index is 0.0291. The Balaban J connectivity index is 1.65. The van der Waals surface area contributed by atoms with Crippen LogP contribution in [0.15, 0.2) is 29.8 Å². The monoisotopic (exact) mass is 372 g/mol. The number of carbonyl (C=O) groups excluding carboxylic acids is 1. The summed E-state index contributed by atoms with van der Waals surface area (Å²) in [5.74, 6) is 2.18. The van der Waals surface area contributed by atoms with E-state index >= 15 is 0 Å². The number of ether oxygens (including phenoxy) is 2. The van der Waals surface area contributed by atoms with E-state index in [1.807, 2.05) is 22.8 Å². The van der Waals surface area contributed by atoms with Crippen LogP contribution in [-0.2, 0) is 11.3 Å². The first-order valence-corrected chi connectivity index (χ1v) is 10.2.